The molecular weight excluding hydrogens is 502 g/mol. The normalized spacial score (nSPS) is 10.8. The molecule has 0 heterocycles. The molecule has 0 radical (unpaired) electrons. The van der Waals surface area contributed by atoms with Crippen molar-refractivity contribution in [1.29, 1.82) is 0 Å². The van der Waals surface area contributed by atoms with Crippen LogP contribution < -0.4 is 0 Å². The molecule has 7 heteroatoms. The van der Waals surface area contributed by atoms with Crippen molar-refractivity contribution < 1.29 is 15.7 Å². The predicted octanol–water partition coefficient (Wildman–Crippen LogP) is 6.21. The molecule has 0 saturated heterocycles. The van der Waals surface area contributed by atoms with Crippen molar-refractivity contribution in [3.05, 3.63) is 104 Å². The van der Waals surface area contributed by atoms with Crippen LogP contribution in [0, 0.1) is 3.57 Å². The number of hydrogen-bond donors (Lipinski definition) is 0. The van der Waals surface area contributed by atoms with Gasteiger partial charge < -0.3 is 0 Å². The molecule has 0 unspecified atom stereocenters. The summed E-state index contributed by atoms with van der Waals surface area (Å²) < 4.78 is 11.8. The first-order valence-corrected chi connectivity index (χ1v) is 11.3. The molecule has 3 rings (SSSR count). The summed E-state index contributed by atoms with van der Waals surface area (Å²) in [7, 11) is 0. The van der Waals surface area contributed by atoms with Gasteiger partial charge in [0.25, 0.3) is 0 Å². The van der Waals surface area contributed by atoms with E-state index < -0.39 is 32.6 Å². The standard InChI is InChI=1S/C20H13Cl2IO4/c21-16-8-4-6-14(12-16)19(24)26-23(18-10-2-1-3-11-18)27-20(25)15-7-5-9-17(22)13-15/h1-13H. The molecule has 0 spiro atoms. The van der Waals surface area contributed by atoms with Crippen molar-refractivity contribution in [3.8, 4) is 0 Å². The second kappa shape index (κ2) is 9.21. The van der Waals surface area contributed by atoms with E-state index in [4.69, 9.17) is 29.3 Å². The van der Waals surface area contributed by atoms with Gasteiger partial charge in [0.1, 0.15) is 0 Å². The molecule has 0 N–H and O–H groups in total. The third kappa shape index (κ3) is 5.45. The van der Waals surface area contributed by atoms with E-state index in [0.29, 0.717) is 24.7 Å². The van der Waals surface area contributed by atoms with Crippen molar-refractivity contribution >= 4 is 55.8 Å². The van der Waals surface area contributed by atoms with Crippen LogP contribution in [0.5, 0.6) is 0 Å². The number of carbonyl (C=O) groups is 2. The number of benzene rings is 3. The Morgan fingerprint density at radius 1 is 0.667 bits per heavy atom. The molecule has 0 aromatic heterocycles. The summed E-state index contributed by atoms with van der Waals surface area (Å²) in [6, 6.07) is 21.7. The summed E-state index contributed by atoms with van der Waals surface area (Å²) in [4.78, 5) is 25.0. The molecule has 0 aliphatic heterocycles. The number of halogens is 3. The average molecular weight is 515 g/mol. The topological polar surface area (TPSA) is 52.6 Å². The second-order valence-electron chi connectivity index (χ2n) is 5.26. The Hall–Kier alpha value is -2.09. The monoisotopic (exact) mass is 514 g/mol. The van der Waals surface area contributed by atoms with Crippen LogP contribution in [-0.2, 0) is 6.13 Å². The number of rotatable bonds is 5. The van der Waals surface area contributed by atoms with E-state index >= 15 is 0 Å². The maximum absolute atomic E-state index is 12.5. The number of carbonyl (C=O) groups excluding carboxylic acids is 2. The van der Waals surface area contributed by atoms with Gasteiger partial charge in [0.15, 0.2) is 0 Å². The van der Waals surface area contributed by atoms with Crippen LogP contribution in [0.4, 0.5) is 0 Å². The van der Waals surface area contributed by atoms with Crippen LogP contribution in [0.1, 0.15) is 20.7 Å². The Bertz CT molecular complexity index is 903. The van der Waals surface area contributed by atoms with Crippen molar-refractivity contribution in [3.63, 3.8) is 0 Å². The summed E-state index contributed by atoms with van der Waals surface area (Å²) in [5, 5.41) is 0.834. The van der Waals surface area contributed by atoms with E-state index in [2.05, 4.69) is 0 Å². The van der Waals surface area contributed by atoms with Crippen molar-refractivity contribution in [1.82, 2.24) is 0 Å². The Balaban J connectivity index is 1.83. The average Bonchev–Trinajstić information content (AvgIpc) is 2.68. The predicted molar refractivity (Wildman–Crippen MR) is 113 cm³/mol. The van der Waals surface area contributed by atoms with Gasteiger partial charge in [-0.3, -0.25) is 0 Å². The van der Waals surface area contributed by atoms with Crippen molar-refractivity contribution in [2.75, 3.05) is 0 Å². The SMILES string of the molecule is O=C(OI(OC(=O)c1cccc(Cl)c1)c1ccccc1)c1cccc(Cl)c1. The minimum absolute atomic E-state index is 0.291. The molecule has 4 nitrogen and oxygen atoms in total. The Morgan fingerprint density at radius 3 is 1.59 bits per heavy atom. The van der Waals surface area contributed by atoms with Crippen LogP contribution in [0.15, 0.2) is 78.9 Å². The van der Waals surface area contributed by atoms with Gasteiger partial charge in [0.2, 0.25) is 0 Å². The third-order valence-corrected chi connectivity index (χ3v) is 7.12. The molecule has 0 bridgehead atoms. The maximum atomic E-state index is 12.5. The number of hydrogen-bond acceptors (Lipinski definition) is 4. The minimum atomic E-state index is -3.07. The molecule has 0 saturated carbocycles. The molecule has 3 aromatic rings. The summed E-state index contributed by atoms with van der Waals surface area (Å²) >= 11 is 8.78. The first kappa shape index (κ1) is 19.7. The fourth-order valence-electron chi connectivity index (χ4n) is 2.07. The van der Waals surface area contributed by atoms with Gasteiger partial charge in [-0.1, -0.05) is 0 Å². The van der Waals surface area contributed by atoms with Gasteiger partial charge in [-0.15, -0.1) is 0 Å². The molecule has 0 aliphatic carbocycles. The van der Waals surface area contributed by atoms with Crippen LogP contribution in [-0.4, -0.2) is 11.9 Å². The Morgan fingerprint density at radius 2 is 1.15 bits per heavy atom. The first-order valence-electron chi connectivity index (χ1n) is 7.75. The van der Waals surface area contributed by atoms with E-state index in [1.165, 1.54) is 12.1 Å². The van der Waals surface area contributed by atoms with Crippen molar-refractivity contribution in [2.24, 2.45) is 0 Å². The second-order valence-corrected chi connectivity index (χ2v) is 9.50. The van der Waals surface area contributed by atoms with Crippen LogP contribution >= 0.6 is 43.9 Å². The summed E-state index contributed by atoms with van der Waals surface area (Å²) in [6.07, 6.45) is 0. The van der Waals surface area contributed by atoms with Gasteiger partial charge >= 0.3 is 175 Å². The van der Waals surface area contributed by atoms with Gasteiger partial charge in [-0.05, 0) is 0 Å². The van der Waals surface area contributed by atoms with E-state index in [0.717, 1.165) is 0 Å². The quantitative estimate of drug-likeness (QED) is 0.379. The fourth-order valence-corrected chi connectivity index (χ4v) is 5.29. The fraction of sp³-hybridized carbons (Fsp3) is 0. The molecule has 0 amide bonds. The van der Waals surface area contributed by atoms with E-state index in [9.17, 15) is 9.59 Å². The zero-order valence-corrected chi connectivity index (χ0v) is 17.4. The van der Waals surface area contributed by atoms with Crippen LogP contribution in [0.3, 0.4) is 0 Å². The molecular formula is C20H13Cl2IO4. The van der Waals surface area contributed by atoms with Crippen LogP contribution in [0.2, 0.25) is 10.0 Å². The molecule has 0 aliphatic rings. The molecule has 138 valence electrons. The molecule has 3 aromatic carbocycles. The Labute approximate surface area is 174 Å². The molecule has 0 atom stereocenters. The third-order valence-electron chi connectivity index (χ3n) is 3.31. The van der Waals surface area contributed by atoms with E-state index in [-0.39, 0.29) is 0 Å². The molecule has 27 heavy (non-hydrogen) atoms. The summed E-state index contributed by atoms with van der Waals surface area (Å²) in [6.45, 7) is 0. The van der Waals surface area contributed by atoms with E-state index in [1.54, 1.807) is 60.7 Å². The van der Waals surface area contributed by atoms with Gasteiger partial charge in [0.05, 0.1) is 0 Å². The van der Waals surface area contributed by atoms with Crippen molar-refractivity contribution in [2.45, 2.75) is 0 Å². The van der Waals surface area contributed by atoms with Gasteiger partial charge in [0, 0.05) is 0 Å². The first-order chi connectivity index (χ1) is 13.0. The van der Waals surface area contributed by atoms with Gasteiger partial charge in [-0.2, -0.15) is 0 Å². The van der Waals surface area contributed by atoms with Gasteiger partial charge in [-0.25, -0.2) is 0 Å². The molecule has 0 fully saturated rings. The van der Waals surface area contributed by atoms with Crippen LogP contribution in [0.25, 0.3) is 0 Å². The summed E-state index contributed by atoms with van der Waals surface area (Å²) in [5.41, 5.74) is 0.582. The zero-order valence-electron chi connectivity index (χ0n) is 13.8. The zero-order chi connectivity index (χ0) is 19.2. The Kier molecular flexibility index (Phi) is 6.71. The van der Waals surface area contributed by atoms with E-state index in [1.807, 2.05) is 6.07 Å². The summed E-state index contributed by atoms with van der Waals surface area (Å²) in [5.74, 6) is -1.18.